The number of carbonyl (C=O) groups excluding carboxylic acids is 1. The summed E-state index contributed by atoms with van der Waals surface area (Å²) in [7, 11) is 1.34. The lowest BCUT2D eigenvalue weighted by Crippen LogP contribution is -2.11. The molecule has 0 saturated carbocycles. The maximum Gasteiger partial charge on any atom is 0.312 e. The van der Waals surface area contributed by atoms with Gasteiger partial charge in [0.15, 0.2) is 0 Å². The average Bonchev–Trinajstić information content (AvgIpc) is 2.45. The molecule has 0 aliphatic carbocycles. The van der Waals surface area contributed by atoms with Crippen molar-refractivity contribution in [3.8, 4) is 11.3 Å². The van der Waals surface area contributed by atoms with Gasteiger partial charge >= 0.3 is 5.97 Å². The summed E-state index contributed by atoms with van der Waals surface area (Å²) in [4.78, 5) is 15.8. The minimum absolute atomic E-state index is 0.276. The summed E-state index contributed by atoms with van der Waals surface area (Å²) < 4.78 is 17.6. The van der Waals surface area contributed by atoms with E-state index >= 15 is 0 Å². The summed E-state index contributed by atoms with van der Waals surface area (Å²) in [5.41, 5.74) is 2.02. The van der Waals surface area contributed by atoms with E-state index < -0.39 is 5.92 Å². The van der Waals surface area contributed by atoms with Gasteiger partial charge in [0.05, 0.1) is 18.7 Å². The molecule has 1 aromatic carbocycles. The Balaban J connectivity index is 2.43. The number of hydrogen-bond acceptors (Lipinski definition) is 3. The van der Waals surface area contributed by atoms with Crippen LogP contribution in [0.15, 0.2) is 36.4 Å². The fraction of sp³-hybridized carbons (Fsp3) is 0.200. The molecule has 1 unspecified atom stereocenters. The highest BCUT2D eigenvalue weighted by atomic mass is 35.5. The van der Waals surface area contributed by atoms with Crippen molar-refractivity contribution in [1.29, 1.82) is 0 Å². The molecule has 0 spiro atoms. The number of benzene rings is 1. The van der Waals surface area contributed by atoms with Gasteiger partial charge in [0.25, 0.3) is 0 Å². The zero-order chi connectivity index (χ0) is 14.7. The lowest BCUT2D eigenvalue weighted by molar-refractivity contribution is -0.141. The summed E-state index contributed by atoms with van der Waals surface area (Å²) in [6, 6.07) is 9.29. The summed E-state index contributed by atoms with van der Waals surface area (Å²) in [5.74, 6) is -1.11. The van der Waals surface area contributed by atoms with Crippen LogP contribution in [0, 0.1) is 5.82 Å². The molecule has 3 nitrogen and oxygen atoms in total. The van der Waals surface area contributed by atoms with Gasteiger partial charge < -0.3 is 4.74 Å². The summed E-state index contributed by atoms with van der Waals surface area (Å²) >= 11 is 5.99. The molecule has 1 atom stereocenters. The topological polar surface area (TPSA) is 39.2 Å². The molecule has 104 valence electrons. The molecule has 2 rings (SSSR count). The number of methoxy groups -OCH3 is 1. The second-order valence-corrected chi connectivity index (χ2v) is 4.75. The third kappa shape index (κ3) is 3.14. The molecule has 1 aromatic heterocycles. The Kier molecular flexibility index (Phi) is 4.35. The standard InChI is InChI=1S/C15H13ClFNO2/c1-9(15(19)20-2)11-7-13(18-14(16)8-11)10-3-5-12(17)6-4-10/h3-9H,1-2H3. The molecule has 0 amide bonds. The van der Waals surface area contributed by atoms with Gasteiger partial charge in [0.2, 0.25) is 0 Å². The van der Waals surface area contributed by atoms with E-state index in [1.54, 1.807) is 31.2 Å². The Labute approximate surface area is 121 Å². The number of rotatable bonds is 3. The van der Waals surface area contributed by atoms with E-state index in [-0.39, 0.29) is 16.9 Å². The van der Waals surface area contributed by atoms with Crippen LogP contribution in [-0.2, 0) is 9.53 Å². The number of ether oxygens (including phenoxy) is 1. The van der Waals surface area contributed by atoms with E-state index in [0.29, 0.717) is 11.3 Å². The molecule has 5 heteroatoms. The molecule has 2 aromatic rings. The number of pyridine rings is 1. The molecule has 0 bridgehead atoms. The van der Waals surface area contributed by atoms with Crippen LogP contribution in [0.5, 0.6) is 0 Å². The van der Waals surface area contributed by atoms with Crippen molar-refractivity contribution >= 4 is 17.6 Å². The van der Waals surface area contributed by atoms with Crippen molar-refractivity contribution in [1.82, 2.24) is 4.98 Å². The van der Waals surface area contributed by atoms with E-state index in [4.69, 9.17) is 16.3 Å². The number of nitrogens with zero attached hydrogens (tertiary/aromatic N) is 1. The highest BCUT2D eigenvalue weighted by Crippen LogP contribution is 2.26. The highest BCUT2D eigenvalue weighted by Gasteiger charge is 2.17. The first-order valence-corrected chi connectivity index (χ1v) is 6.40. The third-order valence-corrected chi connectivity index (χ3v) is 3.20. The first-order valence-electron chi connectivity index (χ1n) is 6.02. The van der Waals surface area contributed by atoms with Crippen molar-refractivity contribution in [2.45, 2.75) is 12.8 Å². The maximum absolute atomic E-state index is 12.9. The van der Waals surface area contributed by atoms with Crippen LogP contribution < -0.4 is 0 Å². The van der Waals surface area contributed by atoms with Crippen LogP contribution in [0.2, 0.25) is 5.15 Å². The zero-order valence-electron chi connectivity index (χ0n) is 11.1. The first kappa shape index (κ1) is 14.5. The van der Waals surface area contributed by atoms with Gasteiger partial charge in [0.1, 0.15) is 11.0 Å². The van der Waals surface area contributed by atoms with Crippen LogP contribution >= 0.6 is 11.6 Å². The molecular formula is C15H13ClFNO2. The van der Waals surface area contributed by atoms with Crippen LogP contribution in [0.4, 0.5) is 4.39 Å². The predicted molar refractivity (Wildman–Crippen MR) is 75.1 cm³/mol. The normalized spacial score (nSPS) is 12.0. The fourth-order valence-electron chi connectivity index (χ4n) is 1.85. The molecule has 0 aliphatic rings. The zero-order valence-corrected chi connectivity index (χ0v) is 11.8. The van der Waals surface area contributed by atoms with Crippen molar-refractivity contribution in [3.63, 3.8) is 0 Å². The first-order chi connectivity index (χ1) is 9.51. The molecule has 0 radical (unpaired) electrons. The minimum Gasteiger partial charge on any atom is -0.469 e. The van der Waals surface area contributed by atoms with Gasteiger partial charge in [-0.15, -0.1) is 0 Å². The largest absolute Gasteiger partial charge is 0.469 e. The molecule has 1 heterocycles. The quantitative estimate of drug-likeness (QED) is 0.638. The molecule has 0 N–H and O–H groups in total. The monoisotopic (exact) mass is 293 g/mol. The number of hydrogen-bond donors (Lipinski definition) is 0. The number of halogens is 2. The van der Waals surface area contributed by atoms with Gasteiger partial charge in [-0.2, -0.15) is 0 Å². The van der Waals surface area contributed by atoms with Gasteiger partial charge in [0, 0.05) is 5.56 Å². The van der Waals surface area contributed by atoms with Crippen molar-refractivity contribution in [2.75, 3.05) is 7.11 Å². The van der Waals surface area contributed by atoms with Crippen molar-refractivity contribution in [3.05, 3.63) is 52.9 Å². The number of esters is 1. The lowest BCUT2D eigenvalue weighted by Gasteiger charge is -2.11. The van der Waals surface area contributed by atoms with E-state index in [1.165, 1.54) is 19.2 Å². The Hall–Kier alpha value is -1.94. The van der Waals surface area contributed by atoms with Gasteiger partial charge in [-0.1, -0.05) is 11.6 Å². The molecular weight excluding hydrogens is 281 g/mol. The maximum atomic E-state index is 12.9. The Morgan fingerprint density at radius 2 is 1.95 bits per heavy atom. The number of carbonyl (C=O) groups is 1. The lowest BCUT2D eigenvalue weighted by atomic mass is 10.00. The Bertz CT molecular complexity index is 628. The van der Waals surface area contributed by atoms with E-state index in [0.717, 1.165) is 5.56 Å². The molecule has 0 aliphatic heterocycles. The average molecular weight is 294 g/mol. The van der Waals surface area contributed by atoms with Gasteiger partial charge in [-0.25, -0.2) is 9.37 Å². The molecule has 20 heavy (non-hydrogen) atoms. The number of aromatic nitrogens is 1. The van der Waals surface area contributed by atoms with Gasteiger partial charge in [-0.3, -0.25) is 4.79 Å². The Morgan fingerprint density at radius 3 is 2.55 bits per heavy atom. The van der Waals surface area contributed by atoms with Crippen LogP contribution in [0.3, 0.4) is 0 Å². The van der Waals surface area contributed by atoms with E-state index in [1.807, 2.05) is 0 Å². The van der Waals surface area contributed by atoms with Crippen LogP contribution in [-0.4, -0.2) is 18.1 Å². The van der Waals surface area contributed by atoms with Gasteiger partial charge in [-0.05, 0) is 48.9 Å². The third-order valence-electron chi connectivity index (χ3n) is 3.01. The predicted octanol–water partition coefficient (Wildman–Crippen LogP) is 3.82. The SMILES string of the molecule is COC(=O)C(C)c1cc(Cl)nc(-c2ccc(F)cc2)c1. The van der Waals surface area contributed by atoms with E-state index in [2.05, 4.69) is 4.98 Å². The fourth-order valence-corrected chi connectivity index (χ4v) is 2.07. The second kappa shape index (κ2) is 6.01. The van der Waals surface area contributed by atoms with E-state index in [9.17, 15) is 9.18 Å². The second-order valence-electron chi connectivity index (χ2n) is 4.36. The smallest absolute Gasteiger partial charge is 0.312 e. The minimum atomic E-state index is -0.445. The van der Waals surface area contributed by atoms with Crippen molar-refractivity contribution < 1.29 is 13.9 Å². The summed E-state index contributed by atoms with van der Waals surface area (Å²) in [6.07, 6.45) is 0. The summed E-state index contributed by atoms with van der Waals surface area (Å²) in [5, 5.41) is 0.276. The van der Waals surface area contributed by atoms with Crippen LogP contribution in [0.1, 0.15) is 18.4 Å². The van der Waals surface area contributed by atoms with Crippen molar-refractivity contribution in [2.24, 2.45) is 0 Å². The highest BCUT2D eigenvalue weighted by molar-refractivity contribution is 6.29. The molecule has 0 saturated heterocycles. The summed E-state index contributed by atoms with van der Waals surface area (Å²) in [6.45, 7) is 1.73. The molecule has 0 fully saturated rings. The van der Waals surface area contributed by atoms with Crippen LogP contribution in [0.25, 0.3) is 11.3 Å². The Morgan fingerprint density at radius 1 is 1.30 bits per heavy atom.